The number of nitrogens with zero attached hydrogens (tertiary/aromatic N) is 3. The maximum atomic E-state index is 12.9. The highest BCUT2D eigenvalue weighted by molar-refractivity contribution is 7.98. The molecule has 0 aliphatic carbocycles. The highest BCUT2D eigenvalue weighted by Crippen LogP contribution is 2.28. The lowest BCUT2D eigenvalue weighted by Crippen LogP contribution is -2.31. The standard InChI is InChI=1S/C17H23N3OS2/c1-17(2,3)16-19-12-14(23-16)15(21)20(9-6-10-22-4)13-7-5-8-18-11-13/h5,7-8,11-12H,6,9-10H2,1-4H3. The number of aromatic nitrogens is 2. The molecule has 0 bridgehead atoms. The van der Waals surface area contributed by atoms with Crippen LogP contribution in [0, 0.1) is 0 Å². The van der Waals surface area contributed by atoms with Crippen molar-refractivity contribution < 1.29 is 4.79 Å². The van der Waals surface area contributed by atoms with Crippen LogP contribution in [0.2, 0.25) is 0 Å². The lowest BCUT2D eigenvalue weighted by Gasteiger charge is -2.21. The minimum Gasteiger partial charge on any atom is -0.306 e. The van der Waals surface area contributed by atoms with Crippen LogP contribution in [0.15, 0.2) is 30.7 Å². The van der Waals surface area contributed by atoms with Crippen molar-refractivity contribution >= 4 is 34.7 Å². The Morgan fingerprint density at radius 1 is 1.35 bits per heavy atom. The number of thiazole rings is 1. The first-order valence-corrected chi connectivity index (χ1v) is 9.81. The quantitative estimate of drug-likeness (QED) is 0.732. The highest BCUT2D eigenvalue weighted by atomic mass is 32.2. The number of pyridine rings is 1. The van der Waals surface area contributed by atoms with E-state index in [9.17, 15) is 4.79 Å². The Morgan fingerprint density at radius 3 is 2.70 bits per heavy atom. The van der Waals surface area contributed by atoms with E-state index in [1.54, 1.807) is 30.4 Å². The molecule has 2 rings (SSSR count). The zero-order valence-corrected chi connectivity index (χ0v) is 15.7. The third-order valence-corrected chi connectivity index (χ3v) is 5.40. The molecule has 0 spiro atoms. The fourth-order valence-corrected chi connectivity index (χ4v) is 3.42. The number of amides is 1. The van der Waals surface area contributed by atoms with Crippen molar-refractivity contribution in [2.45, 2.75) is 32.6 Å². The van der Waals surface area contributed by atoms with Crippen LogP contribution in [0.4, 0.5) is 5.69 Å². The van der Waals surface area contributed by atoms with Crippen molar-refractivity contribution in [2.75, 3.05) is 23.5 Å². The molecule has 6 heteroatoms. The van der Waals surface area contributed by atoms with Gasteiger partial charge in [0, 0.05) is 18.2 Å². The van der Waals surface area contributed by atoms with Crippen LogP contribution in [0.3, 0.4) is 0 Å². The molecule has 0 atom stereocenters. The van der Waals surface area contributed by atoms with Gasteiger partial charge in [-0.1, -0.05) is 20.8 Å². The molecular formula is C17H23N3OS2. The molecule has 0 radical (unpaired) electrons. The van der Waals surface area contributed by atoms with E-state index in [0.717, 1.165) is 22.9 Å². The Balaban J connectivity index is 2.24. The van der Waals surface area contributed by atoms with Crippen LogP contribution in [0.1, 0.15) is 41.9 Å². The Kier molecular flexibility index (Phi) is 6.18. The normalized spacial score (nSPS) is 11.5. The minimum atomic E-state index is -0.0405. The molecule has 4 nitrogen and oxygen atoms in total. The third-order valence-electron chi connectivity index (χ3n) is 3.29. The van der Waals surface area contributed by atoms with Gasteiger partial charge in [-0.3, -0.25) is 9.78 Å². The summed E-state index contributed by atoms with van der Waals surface area (Å²) in [5.74, 6) is 1.03. The summed E-state index contributed by atoms with van der Waals surface area (Å²) >= 11 is 3.27. The second-order valence-corrected chi connectivity index (χ2v) is 8.31. The van der Waals surface area contributed by atoms with E-state index in [1.165, 1.54) is 11.3 Å². The van der Waals surface area contributed by atoms with Gasteiger partial charge in [-0.05, 0) is 30.6 Å². The van der Waals surface area contributed by atoms with E-state index < -0.39 is 0 Å². The maximum absolute atomic E-state index is 12.9. The first-order valence-electron chi connectivity index (χ1n) is 7.60. The van der Waals surface area contributed by atoms with Gasteiger partial charge in [0.1, 0.15) is 4.88 Å². The van der Waals surface area contributed by atoms with Crippen molar-refractivity contribution in [3.05, 3.63) is 40.6 Å². The molecule has 0 aromatic carbocycles. The largest absolute Gasteiger partial charge is 0.306 e. The summed E-state index contributed by atoms with van der Waals surface area (Å²) in [5, 5.41) is 0.983. The number of carbonyl (C=O) groups excluding carboxylic acids is 1. The third kappa shape index (κ3) is 4.78. The zero-order chi connectivity index (χ0) is 16.9. The van der Waals surface area contributed by atoms with Gasteiger partial charge < -0.3 is 4.90 Å². The van der Waals surface area contributed by atoms with Crippen LogP contribution in [-0.2, 0) is 5.41 Å². The topological polar surface area (TPSA) is 46.1 Å². The van der Waals surface area contributed by atoms with E-state index in [0.29, 0.717) is 11.4 Å². The van der Waals surface area contributed by atoms with Crippen LogP contribution < -0.4 is 4.90 Å². The Labute approximate surface area is 146 Å². The summed E-state index contributed by atoms with van der Waals surface area (Å²) in [4.78, 5) is 24.0. The SMILES string of the molecule is CSCCCN(C(=O)c1cnc(C(C)(C)C)s1)c1cccnc1. The van der Waals surface area contributed by atoms with Crippen molar-refractivity contribution in [3.63, 3.8) is 0 Å². The molecule has 0 aliphatic heterocycles. The van der Waals surface area contributed by atoms with Gasteiger partial charge in [0.2, 0.25) is 0 Å². The molecule has 124 valence electrons. The molecule has 2 aromatic heterocycles. The molecule has 2 aromatic rings. The Bertz CT molecular complexity index is 635. The zero-order valence-electron chi connectivity index (χ0n) is 14.1. The second-order valence-electron chi connectivity index (χ2n) is 6.29. The van der Waals surface area contributed by atoms with Crippen molar-refractivity contribution in [1.29, 1.82) is 0 Å². The van der Waals surface area contributed by atoms with Gasteiger partial charge in [0.05, 0.1) is 23.1 Å². The van der Waals surface area contributed by atoms with Crippen LogP contribution >= 0.6 is 23.1 Å². The van der Waals surface area contributed by atoms with E-state index in [-0.39, 0.29) is 11.3 Å². The predicted octanol–water partition coefficient (Wildman–Crippen LogP) is 4.24. The lowest BCUT2D eigenvalue weighted by molar-refractivity contribution is 0.0990. The Hall–Kier alpha value is -1.40. The van der Waals surface area contributed by atoms with Gasteiger partial charge >= 0.3 is 0 Å². The second kappa shape index (κ2) is 7.93. The lowest BCUT2D eigenvalue weighted by atomic mass is 9.98. The maximum Gasteiger partial charge on any atom is 0.270 e. The molecule has 0 saturated carbocycles. The van der Waals surface area contributed by atoms with E-state index in [1.807, 2.05) is 17.0 Å². The summed E-state index contributed by atoms with van der Waals surface area (Å²) in [7, 11) is 0. The number of hydrogen-bond acceptors (Lipinski definition) is 5. The average Bonchev–Trinajstić information content (AvgIpc) is 3.02. The van der Waals surface area contributed by atoms with Gasteiger partial charge in [-0.25, -0.2) is 4.98 Å². The van der Waals surface area contributed by atoms with Gasteiger partial charge in [0.15, 0.2) is 0 Å². The minimum absolute atomic E-state index is 0.00658. The molecule has 0 fully saturated rings. The van der Waals surface area contributed by atoms with E-state index in [2.05, 4.69) is 37.0 Å². The van der Waals surface area contributed by atoms with Gasteiger partial charge in [-0.2, -0.15) is 11.8 Å². The first-order chi connectivity index (χ1) is 10.9. The highest BCUT2D eigenvalue weighted by Gasteiger charge is 2.24. The van der Waals surface area contributed by atoms with Crippen molar-refractivity contribution in [1.82, 2.24) is 9.97 Å². The number of thioether (sulfide) groups is 1. The average molecular weight is 350 g/mol. The molecular weight excluding hydrogens is 326 g/mol. The summed E-state index contributed by atoms with van der Waals surface area (Å²) in [5.41, 5.74) is 0.797. The number of carbonyl (C=O) groups is 1. The Morgan fingerprint density at radius 2 is 2.13 bits per heavy atom. The molecule has 0 unspecified atom stereocenters. The summed E-state index contributed by atoms with van der Waals surface area (Å²) < 4.78 is 0. The fourth-order valence-electron chi connectivity index (χ4n) is 2.08. The van der Waals surface area contributed by atoms with Crippen LogP contribution in [0.5, 0.6) is 0 Å². The van der Waals surface area contributed by atoms with E-state index >= 15 is 0 Å². The smallest absolute Gasteiger partial charge is 0.270 e. The molecule has 0 saturated heterocycles. The first kappa shape index (κ1) is 17.9. The number of anilines is 1. The van der Waals surface area contributed by atoms with Crippen molar-refractivity contribution in [3.8, 4) is 0 Å². The van der Waals surface area contributed by atoms with Crippen LogP contribution in [0.25, 0.3) is 0 Å². The summed E-state index contributed by atoms with van der Waals surface area (Å²) in [6.07, 6.45) is 8.19. The molecule has 23 heavy (non-hydrogen) atoms. The van der Waals surface area contributed by atoms with Gasteiger partial charge in [-0.15, -0.1) is 11.3 Å². The van der Waals surface area contributed by atoms with Crippen molar-refractivity contribution in [2.24, 2.45) is 0 Å². The molecule has 1 amide bonds. The molecule has 0 aliphatic rings. The summed E-state index contributed by atoms with van der Waals surface area (Å²) in [6.45, 7) is 7.01. The summed E-state index contributed by atoms with van der Waals surface area (Å²) in [6, 6.07) is 3.78. The number of rotatable bonds is 6. The van der Waals surface area contributed by atoms with E-state index in [4.69, 9.17) is 0 Å². The fraction of sp³-hybridized carbons (Fsp3) is 0.471. The predicted molar refractivity (Wildman–Crippen MR) is 99.7 cm³/mol. The van der Waals surface area contributed by atoms with Crippen LogP contribution in [-0.4, -0.2) is 34.4 Å². The monoisotopic (exact) mass is 349 g/mol. The molecule has 0 N–H and O–H groups in total. The molecule has 2 heterocycles. The van der Waals surface area contributed by atoms with Gasteiger partial charge in [0.25, 0.3) is 5.91 Å². The number of hydrogen-bond donors (Lipinski definition) is 0.